The monoisotopic (exact) mass is 274 g/mol. The highest BCUT2D eigenvalue weighted by Crippen LogP contribution is 2.22. The molecule has 20 heavy (non-hydrogen) atoms. The predicted molar refractivity (Wildman–Crippen MR) is 79.8 cm³/mol. The Balaban J connectivity index is 1.94. The van der Waals surface area contributed by atoms with Gasteiger partial charge in [0.2, 0.25) is 0 Å². The van der Waals surface area contributed by atoms with E-state index in [2.05, 4.69) is 27.6 Å². The fourth-order valence-corrected chi connectivity index (χ4v) is 2.67. The van der Waals surface area contributed by atoms with E-state index in [9.17, 15) is 0 Å². The predicted octanol–water partition coefficient (Wildman–Crippen LogP) is 1.48. The summed E-state index contributed by atoms with van der Waals surface area (Å²) in [5, 5.41) is 12.3. The average Bonchev–Trinajstić information content (AvgIpc) is 2.83. The van der Waals surface area contributed by atoms with E-state index in [0.717, 1.165) is 61.4 Å². The minimum absolute atomic E-state index is 0.490. The van der Waals surface area contributed by atoms with Gasteiger partial charge in [-0.25, -0.2) is 9.97 Å². The third-order valence-corrected chi connectivity index (χ3v) is 3.79. The van der Waals surface area contributed by atoms with E-state index < -0.39 is 0 Å². The molecule has 0 radical (unpaired) electrons. The molecule has 1 aliphatic heterocycles. The highest BCUT2D eigenvalue weighted by Gasteiger charge is 2.17. The Hall–Kier alpha value is -1.69. The molecule has 1 fully saturated rings. The van der Waals surface area contributed by atoms with Crippen LogP contribution in [0.5, 0.6) is 0 Å². The van der Waals surface area contributed by atoms with Gasteiger partial charge in [0.15, 0.2) is 5.65 Å². The van der Waals surface area contributed by atoms with Crippen LogP contribution in [0.2, 0.25) is 0 Å². The molecule has 0 amide bonds. The number of aryl methyl sites for hydroxylation is 2. The molecule has 1 aliphatic rings. The van der Waals surface area contributed by atoms with Crippen molar-refractivity contribution in [3.05, 3.63) is 12.0 Å². The van der Waals surface area contributed by atoms with E-state index in [1.165, 1.54) is 0 Å². The number of nitrogens with one attached hydrogen (secondary N) is 2. The van der Waals surface area contributed by atoms with Gasteiger partial charge < -0.3 is 10.6 Å². The quantitative estimate of drug-likeness (QED) is 0.884. The second-order valence-corrected chi connectivity index (χ2v) is 5.41. The standard InChI is InChI=1S/C14H22N6/c1-3-4-12-18-13(17-10-5-7-15-8-6-10)11-9-16-20(2)14(11)19-12/h9-10,15H,3-8H2,1-2H3,(H,17,18,19). The first-order valence-corrected chi connectivity index (χ1v) is 7.44. The lowest BCUT2D eigenvalue weighted by atomic mass is 10.1. The number of piperidine rings is 1. The maximum atomic E-state index is 4.70. The minimum atomic E-state index is 0.490. The summed E-state index contributed by atoms with van der Waals surface area (Å²) in [6, 6.07) is 0.490. The summed E-state index contributed by atoms with van der Waals surface area (Å²) in [5.41, 5.74) is 0.917. The third kappa shape index (κ3) is 2.60. The molecular formula is C14H22N6. The molecule has 0 atom stereocenters. The number of aromatic nitrogens is 4. The molecule has 0 aromatic carbocycles. The molecule has 1 saturated heterocycles. The highest BCUT2D eigenvalue weighted by atomic mass is 15.3. The molecule has 0 saturated carbocycles. The summed E-state index contributed by atoms with van der Waals surface area (Å²) in [6.45, 7) is 4.29. The van der Waals surface area contributed by atoms with Gasteiger partial charge in [0.05, 0.1) is 11.6 Å². The van der Waals surface area contributed by atoms with E-state index in [4.69, 9.17) is 4.98 Å². The lowest BCUT2D eigenvalue weighted by Crippen LogP contribution is -2.35. The zero-order chi connectivity index (χ0) is 13.9. The molecule has 2 N–H and O–H groups in total. The third-order valence-electron chi connectivity index (χ3n) is 3.79. The van der Waals surface area contributed by atoms with E-state index in [1.807, 2.05) is 17.9 Å². The van der Waals surface area contributed by atoms with Crippen molar-refractivity contribution in [3.63, 3.8) is 0 Å². The lowest BCUT2D eigenvalue weighted by Gasteiger charge is -2.24. The molecule has 0 unspecified atom stereocenters. The van der Waals surface area contributed by atoms with Crippen LogP contribution in [0.4, 0.5) is 5.82 Å². The van der Waals surface area contributed by atoms with Crippen LogP contribution in [0.3, 0.4) is 0 Å². The van der Waals surface area contributed by atoms with Crippen molar-refractivity contribution >= 4 is 16.9 Å². The normalized spacial score (nSPS) is 16.7. The summed E-state index contributed by atoms with van der Waals surface area (Å²) < 4.78 is 1.82. The molecule has 108 valence electrons. The molecule has 6 heteroatoms. The zero-order valence-corrected chi connectivity index (χ0v) is 12.2. The maximum Gasteiger partial charge on any atom is 0.163 e. The second kappa shape index (κ2) is 5.75. The van der Waals surface area contributed by atoms with E-state index in [0.29, 0.717) is 6.04 Å². The first-order valence-electron chi connectivity index (χ1n) is 7.44. The molecule has 2 aromatic heterocycles. The topological polar surface area (TPSA) is 67.7 Å². The largest absolute Gasteiger partial charge is 0.367 e. The summed E-state index contributed by atoms with van der Waals surface area (Å²) in [7, 11) is 1.93. The van der Waals surface area contributed by atoms with E-state index in [-0.39, 0.29) is 0 Å². The Morgan fingerprint density at radius 1 is 1.35 bits per heavy atom. The molecule has 0 aliphatic carbocycles. The van der Waals surface area contributed by atoms with Crippen LogP contribution in [-0.2, 0) is 13.5 Å². The number of anilines is 1. The summed E-state index contributed by atoms with van der Waals surface area (Å²) >= 11 is 0. The number of hydrogen-bond donors (Lipinski definition) is 2. The summed E-state index contributed by atoms with van der Waals surface area (Å²) in [4.78, 5) is 9.32. The number of nitrogens with zero attached hydrogens (tertiary/aromatic N) is 4. The van der Waals surface area contributed by atoms with Gasteiger partial charge in [-0.2, -0.15) is 5.10 Å². The second-order valence-electron chi connectivity index (χ2n) is 5.41. The van der Waals surface area contributed by atoms with Crippen molar-refractivity contribution < 1.29 is 0 Å². The van der Waals surface area contributed by atoms with Crippen molar-refractivity contribution in [1.82, 2.24) is 25.1 Å². The summed E-state index contributed by atoms with van der Waals surface area (Å²) in [6.07, 6.45) is 6.08. The van der Waals surface area contributed by atoms with Gasteiger partial charge in [-0.1, -0.05) is 6.92 Å². The molecule has 6 nitrogen and oxygen atoms in total. The molecule has 3 heterocycles. The first-order chi connectivity index (χ1) is 9.78. The van der Waals surface area contributed by atoms with Crippen molar-refractivity contribution in [3.8, 4) is 0 Å². The van der Waals surface area contributed by atoms with Gasteiger partial charge in [-0.3, -0.25) is 4.68 Å². The van der Waals surface area contributed by atoms with Gasteiger partial charge in [-0.05, 0) is 32.4 Å². The van der Waals surface area contributed by atoms with Crippen LogP contribution < -0.4 is 10.6 Å². The van der Waals surface area contributed by atoms with Crippen LogP contribution in [0, 0.1) is 0 Å². The Labute approximate surface area is 119 Å². The Morgan fingerprint density at radius 2 is 2.15 bits per heavy atom. The van der Waals surface area contributed by atoms with E-state index in [1.54, 1.807) is 0 Å². The number of rotatable bonds is 4. The smallest absolute Gasteiger partial charge is 0.163 e. The van der Waals surface area contributed by atoms with Crippen molar-refractivity contribution in [2.75, 3.05) is 18.4 Å². The van der Waals surface area contributed by atoms with Gasteiger partial charge in [0, 0.05) is 19.5 Å². The Morgan fingerprint density at radius 3 is 2.90 bits per heavy atom. The minimum Gasteiger partial charge on any atom is -0.367 e. The summed E-state index contributed by atoms with van der Waals surface area (Å²) in [5.74, 6) is 1.85. The highest BCUT2D eigenvalue weighted by molar-refractivity contribution is 5.86. The molecule has 0 bridgehead atoms. The van der Waals surface area contributed by atoms with Crippen LogP contribution in [-0.4, -0.2) is 38.9 Å². The zero-order valence-electron chi connectivity index (χ0n) is 12.2. The fourth-order valence-electron chi connectivity index (χ4n) is 2.67. The number of hydrogen-bond acceptors (Lipinski definition) is 5. The molecule has 2 aromatic rings. The molecule has 0 spiro atoms. The Bertz CT molecular complexity index is 585. The van der Waals surface area contributed by atoms with Crippen LogP contribution in [0.25, 0.3) is 11.0 Å². The SMILES string of the molecule is CCCc1nc(NC2CCNCC2)c2cnn(C)c2n1. The van der Waals surface area contributed by atoms with Crippen LogP contribution in [0.15, 0.2) is 6.20 Å². The van der Waals surface area contributed by atoms with Gasteiger partial charge in [0.25, 0.3) is 0 Å². The first kappa shape index (κ1) is 13.3. The van der Waals surface area contributed by atoms with Gasteiger partial charge >= 0.3 is 0 Å². The van der Waals surface area contributed by atoms with Crippen LogP contribution >= 0.6 is 0 Å². The lowest BCUT2D eigenvalue weighted by molar-refractivity contribution is 0.478. The molecular weight excluding hydrogens is 252 g/mol. The van der Waals surface area contributed by atoms with Crippen LogP contribution in [0.1, 0.15) is 32.0 Å². The molecule has 3 rings (SSSR count). The average molecular weight is 274 g/mol. The van der Waals surface area contributed by atoms with Crippen molar-refractivity contribution in [2.24, 2.45) is 7.05 Å². The fraction of sp³-hybridized carbons (Fsp3) is 0.643. The van der Waals surface area contributed by atoms with Gasteiger partial charge in [0.1, 0.15) is 11.6 Å². The Kier molecular flexibility index (Phi) is 3.82. The number of fused-ring (bicyclic) bond motifs is 1. The maximum absolute atomic E-state index is 4.70. The van der Waals surface area contributed by atoms with E-state index >= 15 is 0 Å². The van der Waals surface area contributed by atoms with Crippen molar-refractivity contribution in [2.45, 2.75) is 38.6 Å². The van der Waals surface area contributed by atoms with Gasteiger partial charge in [-0.15, -0.1) is 0 Å². The van der Waals surface area contributed by atoms with Crippen molar-refractivity contribution in [1.29, 1.82) is 0 Å².